The van der Waals surface area contributed by atoms with Crippen LogP contribution in [0.1, 0.15) is 25.0 Å². The van der Waals surface area contributed by atoms with Crippen LogP contribution >= 0.6 is 11.3 Å². The predicted molar refractivity (Wildman–Crippen MR) is 202 cm³/mol. The van der Waals surface area contributed by atoms with Gasteiger partial charge in [-0.2, -0.15) is 0 Å². The van der Waals surface area contributed by atoms with Gasteiger partial charge >= 0.3 is 0 Å². The van der Waals surface area contributed by atoms with E-state index in [0.29, 0.717) is 0 Å². The minimum absolute atomic E-state index is 0.0963. The topological polar surface area (TPSA) is 31.0 Å². The first-order chi connectivity index (χ1) is 23.5. The SMILES string of the molecule is CC1(C)c2ccccc2-c2ccc(-c3cc(-n4c5ccccc5c5ccccc54)nc4sc5cc6c(cc5c34)oc3ccccc36)cc21. The van der Waals surface area contributed by atoms with E-state index in [0.717, 1.165) is 43.6 Å². The predicted octanol–water partition coefficient (Wildman–Crippen LogP) is 12.4. The molecule has 10 aromatic rings. The number of furan rings is 1. The van der Waals surface area contributed by atoms with Crippen molar-refractivity contribution in [3.05, 3.63) is 145 Å². The van der Waals surface area contributed by atoms with Crippen LogP contribution in [0.3, 0.4) is 0 Å². The molecule has 0 aliphatic heterocycles. The maximum atomic E-state index is 6.41. The van der Waals surface area contributed by atoms with Crippen LogP contribution in [0.4, 0.5) is 0 Å². The molecule has 1 aliphatic rings. The number of benzene rings is 6. The van der Waals surface area contributed by atoms with E-state index >= 15 is 0 Å². The molecule has 11 rings (SSSR count). The first-order valence-corrected chi connectivity index (χ1v) is 17.3. The van der Waals surface area contributed by atoms with Crippen molar-refractivity contribution in [1.29, 1.82) is 0 Å². The fourth-order valence-corrected chi connectivity index (χ4v) is 9.48. The lowest BCUT2D eigenvalue weighted by Crippen LogP contribution is -2.14. The van der Waals surface area contributed by atoms with Crippen molar-refractivity contribution >= 4 is 75.4 Å². The molecule has 4 heteroatoms. The number of hydrogen-bond donors (Lipinski definition) is 0. The van der Waals surface area contributed by atoms with Crippen molar-refractivity contribution in [2.24, 2.45) is 0 Å². The molecule has 0 bridgehead atoms. The Hall–Kier alpha value is -5.71. The number of nitrogens with zero attached hydrogens (tertiary/aromatic N) is 2. The molecule has 0 unspecified atom stereocenters. The van der Waals surface area contributed by atoms with E-state index in [1.54, 1.807) is 11.3 Å². The van der Waals surface area contributed by atoms with Crippen LogP contribution in [0, 0.1) is 0 Å². The Morgan fingerprint density at radius 2 is 1.25 bits per heavy atom. The fraction of sp³-hybridized carbons (Fsp3) is 0.0682. The second kappa shape index (κ2) is 9.21. The number of rotatable bonds is 2. The molecule has 0 spiro atoms. The van der Waals surface area contributed by atoms with Crippen molar-refractivity contribution in [3.63, 3.8) is 0 Å². The molecule has 4 aromatic heterocycles. The molecule has 0 amide bonds. The van der Waals surface area contributed by atoms with Crippen molar-refractivity contribution < 1.29 is 4.42 Å². The van der Waals surface area contributed by atoms with Crippen LogP contribution in [0.15, 0.2) is 138 Å². The van der Waals surface area contributed by atoms with E-state index in [1.807, 2.05) is 6.07 Å². The normalized spacial score (nSPS) is 13.8. The molecule has 0 N–H and O–H groups in total. The molecule has 0 fully saturated rings. The summed E-state index contributed by atoms with van der Waals surface area (Å²) in [6, 6.07) is 48.4. The van der Waals surface area contributed by atoms with Crippen LogP contribution in [-0.2, 0) is 5.41 Å². The van der Waals surface area contributed by atoms with Crippen molar-refractivity contribution in [2.45, 2.75) is 19.3 Å². The highest BCUT2D eigenvalue weighted by molar-refractivity contribution is 7.25. The van der Waals surface area contributed by atoms with E-state index in [9.17, 15) is 0 Å². The van der Waals surface area contributed by atoms with Gasteiger partial charge in [-0.25, -0.2) is 4.98 Å². The average molecular weight is 633 g/mol. The van der Waals surface area contributed by atoms with E-state index in [4.69, 9.17) is 9.40 Å². The fourth-order valence-electron chi connectivity index (χ4n) is 8.36. The summed E-state index contributed by atoms with van der Waals surface area (Å²) in [5.41, 5.74) is 11.9. The molecule has 4 heterocycles. The first-order valence-electron chi connectivity index (χ1n) is 16.5. The lowest BCUT2D eigenvalue weighted by atomic mass is 9.81. The van der Waals surface area contributed by atoms with Crippen molar-refractivity contribution in [1.82, 2.24) is 9.55 Å². The number of hydrogen-bond acceptors (Lipinski definition) is 3. The van der Waals surface area contributed by atoms with Gasteiger partial charge in [0.15, 0.2) is 0 Å². The molecule has 0 radical (unpaired) electrons. The Kier molecular flexibility index (Phi) is 5.06. The van der Waals surface area contributed by atoms with Gasteiger partial charge in [-0.05, 0) is 75.8 Å². The maximum absolute atomic E-state index is 6.41. The zero-order valence-corrected chi connectivity index (χ0v) is 27.2. The smallest absolute Gasteiger partial charge is 0.139 e. The average Bonchev–Trinajstić information content (AvgIpc) is 3.83. The molecular formula is C44H28N2OS. The second-order valence-corrected chi connectivity index (χ2v) is 14.6. The quantitative estimate of drug-likeness (QED) is 0.190. The van der Waals surface area contributed by atoms with Crippen LogP contribution in [-0.4, -0.2) is 9.55 Å². The molecule has 0 saturated heterocycles. The largest absolute Gasteiger partial charge is 0.456 e. The monoisotopic (exact) mass is 632 g/mol. The highest BCUT2D eigenvalue weighted by Gasteiger charge is 2.35. The van der Waals surface area contributed by atoms with Crippen molar-refractivity contribution in [2.75, 3.05) is 0 Å². The van der Waals surface area contributed by atoms with Gasteiger partial charge in [0.25, 0.3) is 0 Å². The zero-order valence-electron chi connectivity index (χ0n) is 26.4. The number of para-hydroxylation sites is 3. The number of thiophene rings is 1. The van der Waals surface area contributed by atoms with Gasteiger partial charge in [0, 0.05) is 42.4 Å². The Morgan fingerprint density at radius 3 is 2.06 bits per heavy atom. The van der Waals surface area contributed by atoms with E-state index < -0.39 is 0 Å². The van der Waals surface area contributed by atoms with Gasteiger partial charge in [0.05, 0.1) is 11.0 Å². The van der Waals surface area contributed by atoms with Crippen LogP contribution in [0.5, 0.6) is 0 Å². The van der Waals surface area contributed by atoms with Gasteiger partial charge in [-0.3, -0.25) is 4.57 Å². The summed E-state index contributed by atoms with van der Waals surface area (Å²) in [5.74, 6) is 0.929. The highest BCUT2D eigenvalue weighted by atomic mass is 32.1. The van der Waals surface area contributed by atoms with Crippen LogP contribution < -0.4 is 0 Å². The summed E-state index contributed by atoms with van der Waals surface area (Å²) >= 11 is 1.77. The Labute approximate surface area is 280 Å². The minimum atomic E-state index is -0.0963. The standard InChI is InChI=1S/C44H28N2OS/c1-44(2)34-15-7-3-11-26(34)27-20-19-25(21-35(27)44)31-24-41(46-36-16-8-4-12-28(36)29-13-5-9-17-37(29)46)45-43-42(31)33-22-39-32(23-40(33)48-43)30-14-6-10-18-38(30)47-39/h3-24H,1-2H3. The summed E-state index contributed by atoms with van der Waals surface area (Å²) in [5, 5.41) is 7.11. The maximum Gasteiger partial charge on any atom is 0.139 e. The molecule has 1 aliphatic carbocycles. The van der Waals surface area contributed by atoms with Gasteiger partial charge in [-0.15, -0.1) is 11.3 Å². The third kappa shape index (κ3) is 3.40. The summed E-state index contributed by atoms with van der Waals surface area (Å²) in [6.07, 6.45) is 0. The van der Waals surface area contributed by atoms with Crippen LogP contribution in [0.25, 0.3) is 92.1 Å². The van der Waals surface area contributed by atoms with Gasteiger partial charge in [0.2, 0.25) is 0 Å². The molecule has 48 heavy (non-hydrogen) atoms. The molecule has 3 nitrogen and oxygen atoms in total. The van der Waals surface area contributed by atoms with Crippen molar-refractivity contribution in [3.8, 4) is 28.1 Å². The molecule has 6 aromatic carbocycles. The lowest BCUT2D eigenvalue weighted by molar-refractivity contribution is 0.660. The van der Waals surface area contributed by atoms with E-state index in [2.05, 4.69) is 146 Å². The summed E-state index contributed by atoms with van der Waals surface area (Å²) in [4.78, 5) is 6.49. The van der Waals surface area contributed by atoms with E-state index in [1.165, 1.54) is 59.6 Å². The summed E-state index contributed by atoms with van der Waals surface area (Å²) in [7, 11) is 0. The minimum Gasteiger partial charge on any atom is -0.456 e. The zero-order chi connectivity index (χ0) is 31.7. The summed E-state index contributed by atoms with van der Waals surface area (Å²) in [6.45, 7) is 4.71. The third-order valence-corrected chi connectivity index (χ3v) is 11.7. The van der Waals surface area contributed by atoms with Gasteiger partial charge in [0.1, 0.15) is 21.8 Å². The second-order valence-electron chi connectivity index (χ2n) is 13.6. The van der Waals surface area contributed by atoms with E-state index in [-0.39, 0.29) is 5.41 Å². The molecule has 0 atom stereocenters. The molecular weight excluding hydrogens is 605 g/mol. The number of fused-ring (bicyclic) bond motifs is 12. The Bertz CT molecular complexity index is 2940. The van der Waals surface area contributed by atoms with Gasteiger partial charge < -0.3 is 4.42 Å². The summed E-state index contributed by atoms with van der Waals surface area (Å²) < 4.78 is 9.96. The first kappa shape index (κ1) is 26.4. The molecule has 226 valence electrons. The number of aromatic nitrogens is 2. The third-order valence-electron chi connectivity index (χ3n) is 10.6. The Balaban J connectivity index is 1.25. The van der Waals surface area contributed by atoms with Gasteiger partial charge in [-0.1, -0.05) is 105 Å². The highest BCUT2D eigenvalue weighted by Crippen LogP contribution is 2.51. The number of pyridine rings is 1. The Morgan fingerprint density at radius 1 is 0.562 bits per heavy atom. The molecule has 0 saturated carbocycles. The lowest BCUT2D eigenvalue weighted by Gasteiger charge is -2.22. The van der Waals surface area contributed by atoms with Crippen LogP contribution in [0.2, 0.25) is 0 Å².